The normalized spacial score (nSPS) is 21.3. The first-order valence-electron chi connectivity index (χ1n) is 11.9. The molecule has 5 heteroatoms. The van der Waals surface area contributed by atoms with Gasteiger partial charge in [-0.05, 0) is 42.3 Å². The van der Waals surface area contributed by atoms with Crippen molar-refractivity contribution in [3.8, 4) is 0 Å². The van der Waals surface area contributed by atoms with Crippen molar-refractivity contribution in [1.82, 2.24) is 0 Å². The molecule has 0 unspecified atom stereocenters. The van der Waals surface area contributed by atoms with E-state index in [9.17, 15) is 4.79 Å². The predicted molar refractivity (Wildman–Crippen MR) is 150 cm³/mol. The van der Waals surface area contributed by atoms with Crippen molar-refractivity contribution >= 4 is 44.9 Å². The van der Waals surface area contributed by atoms with Gasteiger partial charge < -0.3 is 4.74 Å². The van der Waals surface area contributed by atoms with Crippen molar-refractivity contribution in [2.75, 3.05) is 4.90 Å². The average molecular weight is 555 g/mol. The number of carbonyl (C=O) groups is 1. The van der Waals surface area contributed by atoms with Crippen LogP contribution in [-0.4, -0.2) is 5.91 Å². The number of halogens is 1. The molecule has 0 saturated heterocycles. The summed E-state index contributed by atoms with van der Waals surface area (Å²) in [5.41, 5.74) is 3.50. The lowest BCUT2D eigenvalue weighted by molar-refractivity contribution is -0.123. The molecule has 0 aromatic heterocycles. The van der Waals surface area contributed by atoms with Crippen molar-refractivity contribution in [3.63, 3.8) is 0 Å². The SMILES string of the molecule is CC1=C(c2ccccc2)C(=O)N2c3ccccc3S[C@H](c3ccc(Br)cc3)C[C@@]2(c2ccccc2)O1. The molecule has 36 heavy (non-hydrogen) atoms. The summed E-state index contributed by atoms with van der Waals surface area (Å²) in [6.07, 6.45) is 0.600. The van der Waals surface area contributed by atoms with Crippen LogP contribution in [0.5, 0.6) is 0 Å². The molecule has 0 N–H and O–H groups in total. The van der Waals surface area contributed by atoms with Crippen LogP contribution < -0.4 is 4.90 Å². The van der Waals surface area contributed by atoms with Crippen LogP contribution in [0.2, 0.25) is 0 Å². The van der Waals surface area contributed by atoms with Gasteiger partial charge in [0.1, 0.15) is 5.76 Å². The molecule has 2 aliphatic heterocycles. The summed E-state index contributed by atoms with van der Waals surface area (Å²) in [6.45, 7) is 1.92. The second-order valence-electron chi connectivity index (χ2n) is 9.02. The molecular weight excluding hydrogens is 530 g/mol. The Hall–Kier alpha value is -3.28. The van der Waals surface area contributed by atoms with E-state index < -0.39 is 5.72 Å². The van der Waals surface area contributed by atoms with Gasteiger partial charge in [0.05, 0.1) is 11.3 Å². The van der Waals surface area contributed by atoms with Gasteiger partial charge in [-0.2, -0.15) is 0 Å². The summed E-state index contributed by atoms with van der Waals surface area (Å²) in [5.74, 6) is 0.601. The minimum Gasteiger partial charge on any atom is -0.467 e. The van der Waals surface area contributed by atoms with Crippen LogP contribution in [0.1, 0.15) is 35.3 Å². The monoisotopic (exact) mass is 553 g/mol. The summed E-state index contributed by atoms with van der Waals surface area (Å²) < 4.78 is 8.02. The molecule has 4 aromatic carbocycles. The first-order valence-corrected chi connectivity index (χ1v) is 13.6. The summed E-state index contributed by atoms with van der Waals surface area (Å²) >= 11 is 5.36. The van der Waals surface area contributed by atoms with E-state index in [1.165, 1.54) is 5.56 Å². The van der Waals surface area contributed by atoms with Crippen LogP contribution in [0.25, 0.3) is 5.57 Å². The minimum atomic E-state index is -0.988. The van der Waals surface area contributed by atoms with Crippen molar-refractivity contribution in [2.24, 2.45) is 0 Å². The minimum absolute atomic E-state index is 0.0432. The third-order valence-electron chi connectivity index (χ3n) is 6.82. The molecule has 0 radical (unpaired) electrons. The molecule has 0 spiro atoms. The average Bonchev–Trinajstić information content (AvgIpc) is 3.05. The van der Waals surface area contributed by atoms with E-state index in [2.05, 4.69) is 58.4 Å². The topological polar surface area (TPSA) is 29.5 Å². The van der Waals surface area contributed by atoms with Gasteiger partial charge in [0.25, 0.3) is 5.91 Å². The fourth-order valence-corrected chi connectivity index (χ4v) is 6.81. The first kappa shape index (κ1) is 23.1. The first-order chi connectivity index (χ1) is 17.6. The second kappa shape index (κ2) is 9.30. The van der Waals surface area contributed by atoms with E-state index in [1.54, 1.807) is 11.8 Å². The number of para-hydroxylation sites is 1. The molecule has 0 saturated carbocycles. The maximum absolute atomic E-state index is 14.5. The molecule has 0 bridgehead atoms. The molecule has 178 valence electrons. The van der Waals surface area contributed by atoms with E-state index in [4.69, 9.17) is 4.74 Å². The largest absolute Gasteiger partial charge is 0.467 e. The molecule has 3 nitrogen and oxygen atoms in total. The zero-order valence-corrected chi connectivity index (χ0v) is 22.1. The number of fused-ring (bicyclic) bond motifs is 3. The highest BCUT2D eigenvalue weighted by Crippen LogP contribution is 2.56. The lowest BCUT2D eigenvalue weighted by Gasteiger charge is -2.47. The van der Waals surface area contributed by atoms with E-state index in [0.29, 0.717) is 17.8 Å². The van der Waals surface area contributed by atoms with Crippen LogP contribution >= 0.6 is 27.7 Å². The summed E-state index contributed by atoms with van der Waals surface area (Å²) in [4.78, 5) is 17.5. The Balaban J connectivity index is 1.61. The highest BCUT2D eigenvalue weighted by atomic mass is 79.9. The van der Waals surface area contributed by atoms with Gasteiger partial charge in [-0.1, -0.05) is 101 Å². The van der Waals surface area contributed by atoms with Crippen molar-refractivity contribution in [3.05, 3.63) is 136 Å². The van der Waals surface area contributed by atoms with E-state index in [1.807, 2.05) is 78.6 Å². The lowest BCUT2D eigenvalue weighted by atomic mass is 9.89. The van der Waals surface area contributed by atoms with E-state index in [-0.39, 0.29) is 11.2 Å². The van der Waals surface area contributed by atoms with Gasteiger partial charge in [-0.3, -0.25) is 9.69 Å². The van der Waals surface area contributed by atoms with Gasteiger partial charge in [-0.25, -0.2) is 0 Å². The Morgan fingerprint density at radius 1 is 0.861 bits per heavy atom. The Labute approximate surface area is 223 Å². The summed E-state index contributed by atoms with van der Waals surface area (Å²) in [5, 5.41) is 0.0725. The quantitative estimate of drug-likeness (QED) is 0.255. The lowest BCUT2D eigenvalue weighted by Crippen LogP contribution is -2.55. The fraction of sp³-hybridized carbons (Fsp3) is 0.129. The molecule has 2 heterocycles. The molecule has 2 atom stereocenters. The Kier molecular flexibility index (Phi) is 5.98. The maximum Gasteiger partial charge on any atom is 0.265 e. The zero-order chi connectivity index (χ0) is 24.7. The summed E-state index contributed by atoms with van der Waals surface area (Å²) in [7, 11) is 0. The third-order valence-corrected chi connectivity index (χ3v) is 8.67. The number of ether oxygens (including phenoxy) is 1. The van der Waals surface area contributed by atoms with E-state index in [0.717, 1.165) is 26.2 Å². The molecule has 4 aromatic rings. The number of anilines is 1. The number of carbonyl (C=O) groups excluding carboxylic acids is 1. The highest BCUT2D eigenvalue weighted by molar-refractivity contribution is 9.10. The van der Waals surface area contributed by atoms with Crippen molar-refractivity contribution in [2.45, 2.75) is 29.2 Å². The zero-order valence-electron chi connectivity index (χ0n) is 19.7. The number of allylic oxidation sites excluding steroid dienone is 1. The number of rotatable bonds is 3. The van der Waals surface area contributed by atoms with Crippen LogP contribution in [0.3, 0.4) is 0 Å². The van der Waals surface area contributed by atoms with Gasteiger partial charge in [0.15, 0.2) is 0 Å². The number of hydrogen-bond donors (Lipinski definition) is 0. The van der Waals surface area contributed by atoms with Crippen LogP contribution in [0.4, 0.5) is 5.69 Å². The predicted octanol–water partition coefficient (Wildman–Crippen LogP) is 8.33. The Morgan fingerprint density at radius 3 is 2.22 bits per heavy atom. The van der Waals surface area contributed by atoms with Crippen LogP contribution in [0, 0.1) is 0 Å². The number of amides is 1. The molecular formula is C31H24BrNO2S. The Bertz CT molecular complexity index is 1450. The summed E-state index contributed by atoms with van der Waals surface area (Å²) in [6, 6.07) is 36.6. The highest BCUT2D eigenvalue weighted by Gasteiger charge is 2.53. The number of nitrogens with zero attached hydrogens (tertiary/aromatic N) is 1. The number of thioether (sulfide) groups is 1. The molecule has 0 aliphatic carbocycles. The molecule has 0 fully saturated rings. The smallest absolute Gasteiger partial charge is 0.265 e. The van der Waals surface area contributed by atoms with E-state index >= 15 is 0 Å². The number of hydrogen-bond acceptors (Lipinski definition) is 3. The van der Waals surface area contributed by atoms with Gasteiger partial charge in [0, 0.05) is 26.6 Å². The van der Waals surface area contributed by atoms with Crippen molar-refractivity contribution < 1.29 is 9.53 Å². The number of benzene rings is 4. The van der Waals surface area contributed by atoms with Crippen LogP contribution in [0.15, 0.2) is 124 Å². The standard InChI is InChI=1S/C31H24BrNO2S/c1-21-29(23-10-4-2-5-11-23)30(34)33-26-14-8-9-15-27(26)36-28(22-16-18-25(32)19-17-22)20-31(33,35-21)24-12-6-3-7-13-24/h2-19,28H,20H2,1H3/t28-,31-/m0/s1. The molecule has 6 rings (SSSR count). The maximum atomic E-state index is 14.5. The van der Waals surface area contributed by atoms with Crippen molar-refractivity contribution in [1.29, 1.82) is 0 Å². The van der Waals surface area contributed by atoms with Crippen LogP contribution in [-0.2, 0) is 15.3 Å². The van der Waals surface area contributed by atoms with Gasteiger partial charge >= 0.3 is 0 Å². The fourth-order valence-electron chi connectivity index (χ4n) is 5.20. The molecule has 2 aliphatic rings. The van der Waals surface area contributed by atoms with Gasteiger partial charge in [-0.15, -0.1) is 11.8 Å². The van der Waals surface area contributed by atoms with Gasteiger partial charge in [0.2, 0.25) is 5.72 Å². The Morgan fingerprint density at radius 2 is 1.50 bits per heavy atom. The third kappa shape index (κ3) is 3.87. The second-order valence-corrected chi connectivity index (χ2v) is 11.2. The molecule has 1 amide bonds.